The van der Waals surface area contributed by atoms with Gasteiger partial charge in [-0.05, 0) is 67.7 Å². The standard InChI is InChI=1S/C25H39FN2O3/c1-18-14-22(10-11-23(18)26)31-17-25(30)15-27(19(2)29)12-13-28(16-25)21-8-6-20(7-9-21)24(3,4)5/h10-11,14,20-21,30H,6-9,12-13,15-17H2,1-5H3/t20?,21?,25-/m1/s1. The van der Waals surface area contributed by atoms with E-state index in [0.29, 0.717) is 35.9 Å². The quantitative estimate of drug-likeness (QED) is 0.778. The molecule has 2 fully saturated rings. The maximum Gasteiger partial charge on any atom is 0.219 e. The maximum absolute atomic E-state index is 13.6. The number of β-amino-alcohol motifs (C(OH)–C–C–N with tert-alkyl or cyclic N) is 1. The molecule has 0 radical (unpaired) electrons. The van der Waals surface area contributed by atoms with Crippen molar-refractivity contribution in [2.24, 2.45) is 11.3 Å². The maximum atomic E-state index is 13.6. The molecule has 31 heavy (non-hydrogen) atoms. The molecular weight excluding hydrogens is 395 g/mol. The average Bonchev–Trinajstić information content (AvgIpc) is 2.88. The third kappa shape index (κ3) is 6.19. The molecule has 1 saturated heterocycles. The lowest BCUT2D eigenvalue weighted by Crippen LogP contribution is -2.53. The first-order valence-corrected chi connectivity index (χ1v) is 11.6. The van der Waals surface area contributed by atoms with Crippen molar-refractivity contribution in [3.05, 3.63) is 29.6 Å². The molecule has 1 aliphatic heterocycles. The minimum atomic E-state index is -1.18. The van der Waals surface area contributed by atoms with Crippen molar-refractivity contribution in [1.82, 2.24) is 9.80 Å². The van der Waals surface area contributed by atoms with E-state index >= 15 is 0 Å². The molecule has 2 aliphatic rings. The molecule has 1 aromatic rings. The van der Waals surface area contributed by atoms with Crippen LogP contribution in [0.15, 0.2) is 18.2 Å². The lowest BCUT2D eigenvalue weighted by molar-refractivity contribution is -0.132. The van der Waals surface area contributed by atoms with Crippen molar-refractivity contribution in [3.8, 4) is 5.75 Å². The van der Waals surface area contributed by atoms with E-state index in [1.807, 2.05) is 0 Å². The van der Waals surface area contributed by atoms with Crippen LogP contribution in [0.1, 0.15) is 58.9 Å². The van der Waals surface area contributed by atoms with Gasteiger partial charge in [0, 0.05) is 32.6 Å². The summed E-state index contributed by atoms with van der Waals surface area (Å²) in [6, 6.07) is 5.02. The van der Waals surface area contributed by atoms with E-state index in [9.17, 15) is 14.3 Å². The molecule has 0 aromatic heterocycles. The van der Waals surface area contributed by atoms with Gasteiger partial charge in [0.15, 0.2) is 0 Å². The van der Waals surface area contributed by atoms with E-state index in [2.05, 4.69) is 25.7 Å². The summed E-state index contributed by atoms with van der Waals surface area (Å²) in [4.78, 5) is 16.2. The first kappa shape index (κ1) is 24.0. The van der Waals surface area contributed by atoms with Gasteiger partial charge < -0.3 is 14.7 Å². The molecule has 1 amide bonds. The zero-order chi connectivity index (χ0) is 22.8. The minimum absolute atomic E-state index is 0.0330. The number of amides is 1. The number of rotatable bonds is 4. The summed E-state index contributed by atoms with van der Waals surface area (Å²) in [5.41, 5.74) is -0.337. The van der Waals surface area contributed by atoms with Crippen LogP contribution in [-0.4, -0.2) is 65.2 Å². The summed E-state index contributed by atoms with van der Waals surface area (Å²) in [7, 11) is 0. The predicted octanol–water partition coefficient (Wildman–Crippen LogP) is 4.01. The van der Waals surface area contributed by atoms with Crippen LogP contribution in [0.2, 0.25) is 0 Å². The van der Waals surface area contributed by atoms with Crippen LogP contribution in [-0.2, 0) is 4.79 Å². The Labute approximate surface area is 186 Å². The molecule has 1 heterocycles. The lowest BCUT2D eigenvalue weighted by atomic mass is 9.71. The Balaban J connectivity index is 1.70. The van der Waals surface area contributed by atoms with Crippen molar-refractivity contribution in [2.75, 3.05) is 32.8 Å². The van der Waals surface area contributed by atoms with Gasteiger partial charge in [-0.15, -0.1) is 0 Å². The van der Waals surface area contributed by atoms with Gasteiger partial charge in [-0.1, -0.05) is 20.8 Å². The zero-order valence-corrected chi connectivity index (χ0v) is 19.8. The van der Waals surface area contributed by atoms with Gasteiger partial charge in [-0.2, -0.15) is 0 Å². The van der Waals surface area contributed by atoms with E-state index in [-0.39, 0.29) is 24.9 Å². The second-order valence-corrected chi connectivity index (χ2v) is 10.7. The molecule has 1 saturated carbocycles. The van der Waals surface area contributed by atoms with Crippen molar-refractivity contribution >= 4 is 5.91 Å². The molecular formula is C25H39FN2O3. The summed E-state index contributed by atoms with van der Waals surface area (Å²) < 4.78 is 19.4. The van der Waals surface area contributed by atoms with Crippen LogP contribution < -0.4 is 4.74 Å². The fraction of sp³-hybridized carbons (Fsp3) is 0.720. The molecule has 0 bridgehead atoms. The van der Waals surface area contributed by atoms with Gasteiger partial charge in [0.1, 0.15) is 23.8 Å². The van der Waals surface area contributed by atoms with Gasteiger partial charge in [0.25, 0.3) is 0 Å². The second-order valence-electron chi connectivity index (χ2n) is 10.7. The number of aryl methyl sites for hydroxylation is 1. The van der Waals surface area contributed by atoms with E-state index in [4.69, 9.17) is 4.74 Å². The molecule has 1 N–H and O–H groups in total. The number of benzene rings is 1. The van der Waals surface area contributed by atoms with Gasteiger partial charge in [-0.3, -0.25) is 9.69 Å². The van der Waals surface area contributed by atoms with Gasteiger partial charge in [0.05, 0.1) is 6.54 Å². The van der Waals surface area contributed by atoms with Crippen LogP contribution in [0.3, 0.4) is 0 Å². The van der Waals surface area contributed by atoms with Gasteiger partial charge >= 0.3 is 0 Å². The number of carbonyl (C=O) groups is 1. The van der Waals surface area contributed by atoms with E-state index in [1.54, 1.807) is 30.9 Å². The van der Waals surface area contributed by atoms with Crippen molar-refractivity contribution < 1.29 is 19.0 Å². The van der Waals surface area contributed by atoms with Crippen molar-refractivity contribution in [3.63, 3.8) is 0 Å². The average molecular weight is 435 g/mol. The Morgan fingerprint density at radius 2 is 1.87 bits per heavy atom. The minimum Gasteiger partial charge on any atom is -0.490 e. The van der Waals surface area contributed by atoms with Crippen molar-refractivity contribution in [1.29, 1.82) is 0 Å². The van der Waals surface area contributed by atoms with Crippen LogP contribution in [0.4, 0.5) is 4.39 Å². The summed E-state index contributed by atoms with van der Waals surface area (Å²) in [6.45, 7) is 12.4. The molecule has 6 heteroatoms. The first-order valence-electron chi connectivity index (χ1n) is 11.6. The Morgan fingerprint density at radius 3 is 2.45 bits per heavy atom. The molecule has 0 unspecified atom stereocenters. The molecule has 1 atom stereocenters. The number of carbonyl (C=O) groups excluding carboxylic acids is 1. The topological polar surface area (TPSA) is 53.0 Å². The Kier molecular flexibility index (Phi) is 7.32. The van der Waals surface area contributed by atoms with Crippen LogP contribution >= 0.6 is 0 Å². The predicted molar refractivity (Wildman–Crippen MR) is 121 cm³/mol. The fourth-order valence-electron chi connectivity index (χ4n) is 5.09. The van der Waals surface area contributed by atoms with E-state index in [1.165, 1.54) is 18.9 Å². The second kappa shape index (κ2) is 9.45. The summed E-state index contributed by atoms with van der Waals surface area (Å²) in [5, 5.41) is 11.5. The third-order valence-electron chi connectivity index (χ3n) is 7.16. The molecule has 174 valence electrons. The molecule has 5 nitrogen and oxygen atoms in total. The third-order valence-corrected chi connectivity index (χ3v) is 7.16. The smallest absolute Gasteiger partial charge is 0.219 e. The SMILES string of the molecule is CC(=O)N1CCN(C2CCC(C(C)(C)C)CC2)C[C@@](O)(COc2ccc(F)c(C)c2)C1. The number of ether oxygens (including phenoxy) is 1. The number of nitrogens with zero attached hydrogens (tertiary/aromatic N) is 2. The molecule has 0 spiro atoms. The first-order chi connectivity index (χ1) is 14.5. The van der Waals surface area contributed by atoms with Gasteiger partial charge in [-0.25, -0.2) is 4.39 Å². The van der Waals surface area contributed by atoms with Crippen LogP contribution in [0, 0.1) is 24.1 Å². The fourth-order valence-corrected chi connectivity index (χ4v) is 5.09. The monoisotopic (exact) mass is 434 g/mol. The number of hydrogen-bond donors (Lipinski definition) is 1. The number of halogens is 1. The normalized spacial score (nSPS) is 28.3. The van der Waals surface area contributed by atoms with Crippen LogP contribution in [0.5, 0.6) is 5.75 Å². The zero-order valence-electron chi connectivity index (χ0n) is 19.8. The highest BCUT2D eigenvalue weighted by Gasteiger charge is 2.40. The van der Waals surface area contributed by atoms with Crippen molar-refractivity contribution in [2.45, 2.75) is 71.9 Å². The number of aliphatic hydroxyl groups is 1. The summed E-state index contributed by atoms with van der Waals surface area (Å²) in [5.74, 6) is 0.950. The highest BCUT2D eigenvalue weighted by atomic mass is 19.1. The summed E-state index contributed by atoms with van der Waals surface area (Å²) >= 11 is 0. The molecule has 3 rings (SSSR count). The van der Waals surface area contributed by atoms with E-state index in [0.717, 1.165) is 25.3 Å². The molecule has 1 aromatic carbocycles. The van der Waals surface area contributed by atoms with E-state index < -0.39 is 5.60 Å². The highest BCUT2D eigenvalue weighted by molar-refractivity contribution is 5.73. The Hall–Kier alpha value is -1.66. The largest absolute Gasteiger partial charge is 0.490 e. The number of hydrogen-bond acceptors (Lipinski definition) is 4. The Bertz CT molecular complexity index is 771. The van der Waals surface area contributed by atoms with Gasteiger partial charge in [0.2, 0.25) is 5.91 Å². The summed E-state index contributed by atoms with van der Waals surface area (Å²) in [6.07, 6.45) is 4.64. The molecule has 1 aliphatic carbocycles. The highest BCUT2D eigenvalue weighted by Crippen LogP contribution is 2.39. The van der Waals surface area contributed by atoms with Crippen LogP contribution in [0.25, 0.3) is 0 Å². The Morgan fingerprint density at radius 1 is 1.19 bits per heavy atom. The lowest BCUT2D eigenvalue weighted by Gasteiger charge is -2.42.